The summed E-state index contributed by atoms with van der Waals surface area (Å²) in [7, 11) is 1.42. The molecule has 0 fully saturated rings. The number of nitrogens with zero attached hydrogens (tertiary/aromatic N) is 1. The molecule has 0 aliphatic heterocycles. The first-order valence-corrected chi connectivity index (χ1v) is 7.06. The number of benzene rings is 1. The summed E-state index contributed by atoms with van der Waals surface area (Å²) in [6.07, 6.45) is 1.70. The number of aromatic carboxylic acids is 1. The first-order chi connectivity index (χ1) is 10.9. The third-order valence-corrected chi connectivity index (χ3v) is 3.43. The summed E-state index contributed by atoms with van der Waals surface area (Å²) >= 11 is 0. The van der Waals surface area contributed by atoms with Crippen molar-refractivity contribution in [2.24, 2.45) is 0 Å². The van der Waals surface area contributed by atoms with Gasteiger partial charge in [0, 0.05) is 17.5 Å². The minimum atomic E-state index is -1.12. The number of carbonyl (C=O) groups excluding carboxylic acids is 1. The number of carbonyl (C=O) groups is 2. The Bertz CT molecular complexity index is 726. The highest BCUT2D eigenvalue weighted by molar-refractivity contribution is 5.98. The average molecular weight is 314 g/mol. The Morgan fingerprint density at radius 3 is 2.48 bits per heavy atom. The van der Waals surface area contributed by atoms with Gasteiger partial charge in [-0.15, -0.1) is 0 Å². The molecule has 0 spiro atoms. The lowest BCUT2D eigenvalue weighted by Crippen LogP contribution is -2.27. The lowest BCUT2D eigenvalue weighted by Gasteiger charge is -2.15. The van der Waals surface area contributed by atoms with Crippen molar-refractivity contribution >= 4 is 11.9 Å². The number of amides is 1. The maximum absolute atomic E-state index is 12.4. The molecule has 2 aromatic rings. The van der Waals surface area contributed by atoms with Crippen molar-refractivity contribution in [2.75, 3.05) is 7.11 Å². The molecule has 2 N–H and O–H groups in total. The van der Waals surface area contributed by atoms with Crippen molar-refractivity contribution in [1.29, 1.82) is 0 Å². The average Bonchev–Trinajstić information content (AvgIpc) is 2.54. The van der Waals surface area contributed by atoms with Crippen molar-refractivity contribution in [2.45, 2.75) is 19.9 Å². The molecule has 1 atom stereocenters. The Hall–Kier alpha value is -2.89. The number of ether oxygens (including phenoxy) is 1. The number of pyridine rings is 1. The Balaban J connectivity index is 2.21. The largest absolute Gasteiger partial charge is 0.497 e. The molecule has 0 bridgehead atoms. The van der Waals surface area contributed by atoms with Gasteiger partial charge in [-0.1, -0.05) is 6.07 Å². The SMILES string of the molecule is COc1cc(C(=O)O)cc(C(=O)N[C@H](C)c2ccc(C)nc2)c1. The third-order valence-electron chi connectivity index (χ3n) is 3.43. The molecule has 0 aliphatic carbocycles. The Labute approximate surface area is 134 Å². The number of methoxy groups -OCH3 is 1. The number of aromatic nitrogens is 1. The predicted octanol–water partition coefficient (Wildman–Crippen LogP) is 2.59. The van der Waals surface area contributed by atoms with Crippen LogP contribution in [0.25, 0.3) is 0 Å². The van der Waals surface area contributed by atoms with E-state index in [9.17, 15) is 9.59 Å². The Kier molecular flexibility index (Phi) is 4.95. The van der Waals surface area contributed by atoms with Crippen molar-refractivity contribution in [3.8, 4) is 5.75 Å². The zero-order valence-electron chi connectivity index (χ0n) is 13.2. The van der Waals surface area contributed by atoms with Crippen LogP contribution in [0, 0.1) is 6.92 Å². The van der Waals surface area contributed by atoms with Gasteiger partial charge in [-0.25, -0.2) is 4.79 Å². The van der Waals surface area contributed by atoms with E-state index in [1.165, 1.54) is 25.3 Å². The summed E-state index contributed by atoms with van der Waals surface area (Å²) in [6, 6.07) is 7.69. The van der Waals surface area contributed by atoms with E-state index >= 15 is 0 Å². The van der Waals surface area contributed by atoms with Crippen molar-refractivity contribution in [3.63, 3.8) is 0 Å². The fourth-order valence-corrected chi connectivity index (χ4v) is 2.07. The van der Waals surface area contributed by atoms with E-state index in [0.29, 0.717) is 5.75 Å². The molecule has 1 amide bonds. The number of carboxylic acid groups (broad SMARTS) is 1. The van der Waals surface area contributed by atoms with Crippen LogP contribution in [-0.2, 0) is 0 Å². The van der Waals surface area contributed by atoms with Crippen LogP contribution in [0.4, 0.5) is 0 Å². The van der Waals surface area contributed by atoms with E-state index in [1.54, 1.807) is 6.20 Å². The van der Waals surface area contributed by atoms with Crippen LogP contribution in [0.1, 0.15) is 44.9 Å². The lowest BCUT2D eigenvalue weighted by molar-refractivity contribution is 0.0696. The smallest absolute Gasteiger partial charge is 0.335 e. The first-order valence-electron chi connectivity index (χ1n) is 7.06. The Morgan fingerprint density at radius 1 is 1.22 bits per heavy atom. The van der Waals surface area contributed by atoms with Crippen LogP contribution in [0.5, 0.6) is 5.75 Å². The number of hydrogen-bond acceptors (Lipinski definition) is 4. The summed E-state index contributed by atoms with van der Waals surface area (Å²) in [5, 5.41) is 11.9. The molecule has 6 heteroatoms. The van der Waals surface area contributed by atoms with Gasteiger partial charge in [0.2, 0.25) is 0 Å². The van der Waals surface area contributed by atoms with Crippen LogP contribution < -0.4 is 10.1 Å². The van der Waals surface area contributed by atoms with Crippen molar-refractivity contribution < 1.29 is 19.4 Å². The monoisotopic (exact) mass is 314 g/mol. The summed E-state index contributed by atoms with van der Waals surface area (Å²) in [4.78, 5) is 27.7. The van der Waals surface area contributed by atoms with E-state index in [1.807, 2.05) is 26.0 Å². The quantitative estimate of drug-likeness (QED) is 0.885. The van der Waals surface area contributed by atoms with E-state index in [4.69, 9.17) is 9.84 Å². The highest BCUT2D eigenvalue weighted by Crippen LogP contribution is 2.19. The molecule has 120 valence electrons. The van der Waals surface area contributed by atoms with Crippen LogP contribution in [0.2, 0.25) is 0 Å². The summed E-state index contributed by atoms with van der Waals surface area (Å²) in [6.45, 7) is 3.72. The number of rotatable bonds is 5. The van der Waals surface area contributed by atoms with Crippen LogP contribution in [0.3, 0.4) is 0 Å². The van der Waals surface area contributed by atoms with Gasteiger partial charge < -0.3 is 15.2 Å². The molecule has 23 heavy (non-hydrogen) atoms. The number of aryl methyl sites for hydroxylation is 1. The molecule has 0 aliphatic rings. The van der Waals surface area contributed by atoms with Gasteiger partial charge in [0.05, 0.1) is 18.7 Å². The van der Waals surface area contributed by atoms with Crippen molar-refractivity contribution in [3.05, 3.63) is 58.9 Å². The summed E-state index contributed by atoms with van der Waals surface area (Å²) in [5.41, 5.74) is 1.99. The van der Waals surface area contributed by atoms with E-state index < -0.39 is 5.97 Å². The predicted molar refractivity (Wildman–Crippen MR) is 84.8 cm³/mol. The summed E-state index contributed by atoms with van der Waals surface area (Å²) < 4.78 is 5.05. The fraction of sp³-hybridized carbons (Fsp3) is 0.235. The van der Waals surface area contributed by atoms with Crippen molar-refractivity contribution in [1.82, 2.24) is 10.3 Å². The minimum Gasteiger partial charge on any atom is -0.497 e. The second-order valence-corrected chi connectivity index (χ2v) is 5.18. The molecule has 0 saturated carbocycles. The maximum atomic E-state index is 12.4. The number of nitrogens with one attached hydrogen (secondary N) is 1. The molecule has 0 unspecified atom stereocenters. The van der Waals surface area contributed by atoms with Gasteiger partial charge in [-0.2, -0.15) is 0 Å². The topological polar surface area (TPSA) is 88.5 Å². The van der Waals surface area contributed by atoms with Gasteiger partial charge >= 0.3 is 5.97 Å². The normalized spacial score (nSPS) is 11.6. The molecule has 6 nitrogen and oxygen atoms in total. The highest BCUT2D eigenvalue weighted by atomic mass is 16.5. The molecule has 0 saturated heterocycles. The highest BCUT2D eigenvalue weighted by Gasteiger charge is 2.15. The minimum absolute atomic E-state index is 0.000782. The van der Waals surface area contributed by atoms with Gasteiger partial charge in [-0.3, -0.25) is 9.78 Å². The third kappa shape index (κ3) is 4.06. The Morgan fingerprint density at radius 2 is 1.91 bits per heavy atom. The van der Waals surface area contributed by atoms with Crippen LogP contribution in [-0.4, -0.2) is 29.1 Å². The van der Waals surface area contributed by atoms with Gasteiger partial charge in [0.25, 0.3) is 5.91 Å². The lowest BCUT2D eigenvalue weighted by atomic mass is 10.1. The molecule has 1 heterocycles. The number of hydrogen-bond donors (Lipinski definition) is 2. The fourth-order valence-electron chi connectivity index (χ4n) is 2.07. The van der Waals surface area contributed by atoms with E-state index in [0.717, 1.165) is 11.3 Å². The van der Waals surface area contributed by atoms with E-state index in [-0.39, 0.29) is 23.1 Å². The maximum Gasteiger partial charge on any atom is 0.335 e. The second-order valence-electron chi connectivity index (χ2n) is 5.18. The van der Waals surface area contributed by atoms with Gasteiger partial charge in [0.15, 0.2) is 0 Å². The number of carboxylic acids is 1. The zero-order chi connectivity index (χ0) is 17.0. The molecule has 2 rings (SSSR count). The molecule has 1 aromatic heterocycles. The van der Waals surface area contributed by atoms with Crippen LogP contribution in [0.15, 0.2) is 36.5 Å². The summed E-state index contributed by atoms with van der Waals surface area (Å²) in [5.74, 6) is -1.17. The molecule has 1 aromatic carbocycles. The standard InChI is InChI=1S/C17H18N2O4/c1-10-4-5-12(9-18-10)11(2)19-16(20)13-6-14(17(21)22)8-15(7-13)23-3/h4-9,11H,1-3H3,(H,19,20)(H,21,22)/t11-/m1/s1. The van der Waals surface area contributed by atoms with Crippen LogP contribution >= 0.6 is 0 Å². The van der Waals surface area contributed by atoms with Gasteiger partial charge in [-0.05, 0) is 43.7 Å². The first kappa shape index (κ1) is 16.5. The van der Waals surface area contributed by atoms with Gasteiger partial charge in [0.1, 0.15) is 5.75 Å². The molecule has 0 radical (unpaired) electrons. The van der Waals surface area contributed by atoms with E-state index in [2.05, 4.69) is 10.3 Å². The second kappa shape index (κ2) is 6.91. The molecular weight excluding hydrogens is 296 g/mol. The molecular formula is C17H18N2O4. The zero-order valence-corrected chi connectivity index (χ0v) is 13.2.